The zero-order valence-corrected chi connectivity index (χ0v) is 30.4. The molecule has 6 nitrogen and oxygen atoms in total. The van der Waals surface area contributed by atoms with E-state index in [1.165, 1.54) is 0 Å². The molecule has 0 radical (unpaired) electrons. The fourth-order valence-electron chi connectivity index (χ4n) is 8.05. The molecule has 11 rings (SSSR count). The minimum absolute atomic E-state index is 0.577. The summed E-state index contributed by atoms with van der Waals surface area (Å²) in [4.78, 5) is 20.2. The van der Waals surface area contributed by atoms with E-state index in [2.05, 4.69) is 84.9 Å². The summed E-state index contributed by atoms with van der Waals surface area (Å²) in [5.74, 6) is 1.76. The van der Waals surface area contributed by atoms with Crippen LogP contribution in [0.15, 0.2) is 180 Å². The Labute approximate surface area is 327 Å². The second-order valence-electron chi connectivity index (χ2n) is 14.1. The first-order chi connectivity index (χ1) is 28.2. The van der Waals surface area contributed by atoms with Gasteiger partial charge < -0.3 is 4.42 Å². The number of fused-ring (bicyclic) bond motifs is 8. The van der Waals surface area contributed by atoms with E-state index in [9.17, 15) is 5.26 Å². The number of hydrogen-bond donors (Lipinski definition) is 0. The van der Waals surface area contributed by atoms with Crippen LogP contribution in [0.25, 0.3) is 111 Å². The molecule has 0 aliphatic rings. The lowest BCUT2D eigenvalue weighted by Gasteiger charge is -2.16. The zero-order valence-electron chi connectivity index (χ0n) is 30.4. The van der Waals surface area contributed by atoms with Crippen LogP contribution in [0.3, 0.4) is 0 Å². The number of rotatable bonds is 5. The average molecular weight is 728 g/mol. The van der Waals surface area contributed by atoms with Gasteiger partial charge in [-0.1, -0.05) is 109 Å². The van der Waals surface area contributed by atoms with Gasteiger partial charge in [0.05, 0.1) is 17.1 Å². The molecule has 6 heteroatoms. The Morgan fingerprint density at radius 1 is 0.386 bits per heavy atom. The lowest BCUT2D eigenvalue weighted by atomic mass is 9.89. The highest BCUT2D eigenvalue weighted by molar-refractivity contribution is 6.23. The zero-order chi connectivity index (χ0) is 37.9. The van der Waals surface area contributed by atoms with Crippen LogP contribution in [0.5, 0.6) is 0 Å². The van der Waals surface area contributed by atoms with E-state index in [1.54, 1.807) is 0 Å². The molecular formula is C51H29N5O. The molecule has 8 aromatic carbocycles. The normalized spacial score (nSPS) is 11.5. The molecule has 0 spiro atoms. The van der Waals surface area contributed by atoms with Crippen LogP contribution in [0.4, 0.5) is 0 Å². The lowest BCUT2D eigenvalue weighted by molar-refractivity contribution is 0.669. The van der Waals surface area contributed by atoms with Gasteiger partial charge in [-0.2, -0.15) is 5.26 Å². The quantitative estimate of drug-likeness (QED) is 0.164. The fourth-order valence-corrected chi connectivity index (χ4v) is 8.05. The van der Waals surface area contributed by atoms with Crippen LogP contribution in [-0.2, 0) is 0 Å². The highest BCUT2D eigenvalue weighted by atomic mass is 16.3. The van der Waals surface area contributed by atoms with Crippen LogP contribution in [-0.4, -0.2) is 19.9 Å². The Bertz CT molecular complexity index is 3420. The van der Waals surface area contributed by atoms with Crippen molar-refractivity contribution in [3.8, 4) is 62.5 Å². The first-order valence-electron chi connectivity index (χ1n) is 18.8. The molecule has 0 fully saturated rings. The van der Waals surface area contributed by atoms with Gasteiger partial charge >= 0.3 is 0 Å². The summed E-state index contributed by atoms with van der Waals surface area (Å²) >= 11 is 0. The number of pyridine rings is 1. The number of furan rings is 1. The SMILES string of the molecule is N#Cc1ccc(-c2cc3c4cccnc4c(-c4cccc(-c5nc(-c6ccccc6)nc(-c6ccc7oc8ccccc8c7c6)n5)c4)cc3c3ccccc23)cc1. The minimum atomic E-state index is 0.577. The first-order valence-corrected chi connectivity index (χ1v) is 18.8. The molecule has 3 heterocycles. The van der Waals surface area contributed by atoms with Crippen molar-refractivity contribution in [2.24, 2.45) is 0 Å². The van der Waals surface area contributed by atoms with Crippen molar-refractivity contribution in [2.45, 2.75) is 0 Å². The summed E-state index contributed by atoms with van der Waals surface area (Å²) in [5.41, 5.74) is 10.1. The Kier molecular flexibility index (Phi) is 7.44. The fraction of sp³-hybridized carbons (Fsp3) is 0. The number of benzene rings is 8. The molecule has 0 bridgehead atoms. The van der Waals surface area contributed by atoms with Crippen LogP contribution >= 0.6 is 0 Å². The third kappa shape index (κ3) is 5.49. The van der Waals surface area contributed by atoms with Crippen LogP contribution in [0.1, 0.15) is 5.56 Å². The maximum atomic E-state index is 9.44. The third-order valence-electron chi connectivity index (χ3n) is 10.8. The number of para-hydroxylation sites is 1. The van der Waals surface area contributed by atoms with E-state index < -0.39 is 0 Å². The van der Waals surface area contributed by atoms with Gasteiger partial charge in [-0.3, -0.25) is 4.98 Å². The summed E-state index contributed by atoms with van der Waals surface area (Å²) < 4.78 is 6.13. The van der Waals surface area contributed by atoms with Crippen molar-refractivity contribution in [2.75, 3.05) is 0 Å². The number of nitrogens with zero attached hydrogens (tertiary/aromatic N) is 5. The molecule has 0 atom stereocenters. The average Bonchev–Trinajstić information content (AvgIpc) is 3.67. The largest absolute Gasteiger partial charge is 0.456 e. The van der Waals surface area contributed by atoms with Crippen molar-refractivity contribution in [1.29, 1.82) is 5.26 Å². The molecule has 0 unspecified atom stereocenters. The molecule has 0 aliphatic heterocycles. The van der Waals surface area contributed by atoms with Crippen molar-refractivity contribution < 1.29 is 4.42 Å². The molecule has 0 aliphatic carbocycles. The maximum absolute atomic E-state index is 9.44. The van der Waals surface area contributed by atoms with Crippen molar-refractivity contribution >= 4 is 54.4 Å². The maximum Gasteiger partial charge on any atom is 0.164 e. The monoisotopic (exact) mass is 727 g/mol. The molecule has 0 N–H and O–H groups in total. The van der Waals surface area contributed by atoms with Gasteiger partial charge in [0.2, 0.25) is 0 Å². The van der Waals surface area contributed by atoms with Gasteiger partial charge in [-0.15, -0.1) is 0 Å². The van der Waals surface area contributed by atoms with E-state index in [0.717, 1.165) is 93.3 Å². The molecule has 11 aromatic rings. The predicted molar refractivity (Wildman–Crippen MR) is 229 cm³/mol. The molecule has 264 valence electrons. The lowest BCUT2D eigenvalue weighted by Crippen LogP contribution is -2.00. The number of nitriles is 1. The summed E-state index contributed by atoms with van der Waals surface area (Å²) in [7, 11) is 0. The highest BCUT2D eigenvalue weighted by Gasteiger charge is 2.18. The van der Waals surface area contributed by atoms with Crippen LogP contribution in [0, 0.1) is 11.3 Å². The van der Waals surface area contributed by atoms with Crippen LogP contribution in [0.2, 0.25) is 0 Å². The molecule has 0 saturated heterocycles. The van der Waals surface area contributed by atoms with Gasteiger partial charge in [-0.25, -0.2) is 15.0 Å². The van der Waals surface area contributed by atoms with Gasteiger partial charge in [0.25, 0.3) is 0 Å². The van der Waals surface area contributed by atoms with E-state index in [1.807, 2.05) is 97.2 Å². The van der Waals surface area contributed by atoms with Crippen molar-refractivity contribution in [3.63, 3.8) is 0 Å². The smallest absolute Gasteiger partial charge is 0.164 e. The Morgan fingerprint density at radius 3 is 1.79 bits per heavy atom. The van der Waals surface area contributed by atoms with Crippen molar-refractivity contribution in [1.82, 2.24) is 19.9 Å². The van der Waals surface area contributed by atoms with Crippen molar-refractivity contribution in [3.05, 3.63) is 182 Å². The molecular weight excluding hydrogens is 699 g/mol. The Hall–Kier alpha value is -8.01. The predicted octanol–water partition coefficient (Wildman–Crippen LogP) is 12.8. The van der Waals surface area contributed by atoms with Gasteiger partial charge in [0.15, 0.2) is 17.5 Å². The molecule has 0 saturated carbocycles. The number of aromatic nitrogens is 4. The van der Waals surface area contributed by atoms with Gasteiger partial charge in [0, 0.05) is 44.6 Å². The van der Waals surface area contributed by atoms with Crippen LogP contribution < -0.4 is 0 Å². The standard InChI is InChI=1S/C51H29N5O/c52-30-31-19-21-32(22-20-31)41-28-44-40-17-9-25-53-48(40)42(29-43(44)38-15-5-4-14-37(38)41)34-12-8-13-35(26-34)50-54-49(33-10-2-1-3-11-33)55-51(56-50)36-23-24-47-45(27-36)39-16-6-7-18-46(39)57-47/h1-29H. The molecule has 3 aromatic heterocycles. The third-order valence-corrected chi connectivity index (χ3v) is 10.8. The Morgan fingerprint density at radius 2 is 0.982 bits per heavy atom. The Balaban J connectivity index is 1.10. The van der Waals surface area contributed by atoms with Gasteiger partial charge in [-0.05, 0) is 98.9 Å². The topological polar surface area (TPSA) is 88.5 Å². The summed E-state index contributed by atoms with van der Waals surface area (Å²) in [6, 6.07) is 59.9. The summed E-state index contributed by atoms with van der Waals surface area (Å²) in [6.45, 7) is 0. The second-order valence-corrected chi connectivity index (χ2v) is 14.1. The second kappa shape index (κ2) is 13.1. The van der Waals surface area contributed by atoms with E-state index >= 15 is 0 Å². The van der Waals surface area contributed by atoms with E-state index in [-0.39, 0.29) is 0 Å². The van der Waals surface area contributed by atoms with E-state index in [0.29, 0.717) is 23.0 Å². The molecule has 0 amide bonds. The highest BCUT2D eigenvalue weighted by Crippen LogP contribution is 2.42. The minimum Gasteiger partial charge on any atom is -0.456 e. The van der Waals surface area contributed by atoms with E-state index in [4.69, 9.17) is 24.4 Å². The number of hydrogen-bond acceptors (Lipinski definition) is 6. The summed E-state index contributed by atoms with van der Waals surface area (Å²) in [5, 5.41) is 17.1. The molecule has 57 heavy (non-hydrogen) atoms. The summed E-state index contributed by atoms with van der Waals surface area (Å²) in [6.07, 6.45) is 1.86. The first kappa shape index (κ1) is 32.4. The van der Waals surface area contributed by atoms with Gasteiger partial charge in [0.1, 0.15) is 11.2 Å².